The van der Waals surface area contributed by atoms with Gasteiger partial charge in [0.1, 0.15) is 11.6 Å². The van der Waals surface area contributed by atoms with Gasteiger partial charge in [-0.2, -0.15) is 0 Å². The van der Waals surface area contributed by atoms with Crippen molar-refractivity contribution in [3.8, 4) is 17.1 Å². The largest absolute Gasteiger partial charge is 0.493 e. The van der Waals surface area contributed by atoms with Gasteiger partial charge in [-0.25, -0.2) is 4.98 Å². The number of aromatic nitrogens is 2. The fraction of sp³-hybridized carbons (Fsp3) is 0.526. The maximum absolute atomic E-state index is 9.77. The second kappa shape index (κ2) is 6.95. The lowest BCUT2D eigenvalue weighted by Crippen LogP contribution is -2.38. The Bertz CT molecular complexity index is 698. The third-order valence-electron chi connectivity index (χ3n) is 5.02. The Morgan fingerprint density at radius 3 is 3.17 bits per heavy atom. The molecule has 2 aliphatic heterocycles. The van der Waals surface area contributed by atoms with Crippen LogP contribution >= 0.6 is 0 Å². The third kappa shape index (κ3) is 3.32. The van der Waals surface area contributed by atoms with E-state index in [1.165, 1.54) is 5.56 Å². The highest BCUT2D eigenvalue weighted by Gasteiger charge is 2.17. The molecule has 1 atom stereocenters. The van der Waals surface area contributed by atoms with Gasteiger partial charge in [-0.05, 0) is 56.1 Å². The van der Waals surface area contributed by atoms with Crippen LogP contribution < -0.4 is 4.74 Å². The zero-order chi connectivity index (χ0) is 16.4. The van der Waals surface area contributed by atoms with E-state index in [0.29, 0.717) is 0 Å². The van der Waals surface area contributed by atoms with Crippen molar-refractivity contribution in [1.82, 2.24) is 14.5 Å². The van der Waals surface area contributed by atoms with Crippen molar-refractivity contribution in [2.24, 2.45) is 0 Å². The Morgan fingerprint density at radius 1 is 1.29 bits per heavy atom. The van der Waals surface area contributed by atoms with Gasteiger partial charge >= 0.3 is 0 Å². The lowest BCUT2D eigenvalue weighted by atomic mass is 10.1. The molecule has 0 spiro atoms. The highest BCUT2D eigenvalue weighted by molar-refractivity contribution is 5.60. The number of hydrogen-bond donors (Lipinski definition) is 1. The molecule has 1 fully saturated rings. The quantitative estimate of drug-likeness (QED) is 0.916. The molecule has 5 nitrogen and oxygen atoms in total. The molecular weight excluding hydrogens is 302 g/mol. The molecule has 0 aliphatic carbocycles. The number of piperidine rings is 1. The molecule has 128 valence electrons. The highest BCUT2D eigenvalue weighted by atomic mass is 16.5. The van der Waals surface area contributed by atoms with Gasteiger partial charge in [-0.1, -0.05) is 0 Å². The number of ether oxygens (including phenoxy) is 1. The Labute approximate surface area is 142 Å². The number of rotatable bonds is 5. The summed E-state index contributed by atoms with van der Waals surface area (Å²) in [5.41, 5.74) is 2.45. The number of β-amino-alcohol motifs (C(OH)–C–C–N with tert-alkyl or cyclic N) is 1. The summed E-state index contributed by atoms with van der Waals surface area (Å²) in [7, 11) is 0. The standard InChI is InChI=1S/C19H25N3O2/c23-17-3-1-8-21(14-17)9-2-10-22-11-7-20-19(22)16-4-5-18-15(13-16)6-12-24-18/h4-5,7,11,13,17,23H,1-3,6,8-10,12,14H2. The molecular formula is C19H25N3O2. The predicted molar refractivity (Wildman–Crippen MR) is 93.2 cm³/mol. The number of aliphatic hydroxyl groups is 1. The summed E-state index contributed by atoms with van der Waals surface area (Å²) in [4.78, 5) is 6.93. The van der Waals surface area contributed by atoms with Gasteiger partial charge in [0.2, 0.25) is 0 Å². The van der Waals surface area contributed by atoms with Crippen LogP contribution in [0.5, 0.6) is 5.75 Å². The van der Waals surface area contributed by atoms with Gasteiger partial charge in [0.25, 0.3) is 0 Å². The van der Waals surface area contributed by atoms with E-state index in [1.807, 2.05) is 6.20 Å². The predicted octanol–water partition coefficient (Wildman–Crippen LogP) is 2.33. The molecule has 4 rings (SSSR count). The molecule has 0 saturated carbocycles. The van der Waals surface area contributed by atoms with E-state index in [9.17, 15) is 5.11 Å². The number of aryl methyl sites for hydroxylation is 1. The summed E-state index contributed by atoms with van der Waals surface area (Å²) in [5, 5.41) is 9.77. The van der Waals surface area contributed by atoms with Crippen LogP contribution in [-0.4, -0.2) is 51.9 Å². The van der Waals surface area contributed by atoms with Crippen molar-refractivity contribution in [3.05, 3.63) is 36.2 Å². The van der Waals surface area contributed by atoms with Crippen molar-refractivity contribution < 1.29 is 9.84 Å². The van der Waals surface area contributed by atoms with E-state index >= 15 is 0 Å². The topological polar surface area (TPSA) is 50.5 Å². The Balaban J connectivity index is 1.39. The Hall–Kier alpha value is -1.85. The molecule has 1 N–H and O–H groups in total. The molecule has 1 unspecified atom stereocenters. The molecule has 1 saturated heterocycles. The van der Waals surface area contributed by atoms with Crippen LogP contribution in [-0.2, 0) is 13.0 Å². The number of likely N-dealkylation sites (tertiary alicyclic amines) is 1. The molecule has 0 bridgehead atoms. The van der Waals surface area contributed by atoms with Crippen LogP contribution in [0.4, 0.5) is 0 Å². The van der Waals surface area contributed by atoms with E-state index in [4.69, 9.17) is 4.74 Å². The van der Waals surface area contributed by atoms with Crippen LogP contribution in [0.3, 0.4) is 0 Å². The fourth-order valence-corrected chi connectivity index (χ4v) is 3.77. The average molecular weight is 327 g/mol. The molecule has 3 heterocycles. The maximum Gasteiger partial charge on any atom is 0.139 e. The lowest BCUT2D eigenvalue weighted by Gasteiger charge is -2.29. The van der Waals surface area contributed by atoms with Crippen molar-refractivity contribution in [2.75, 3.05) is 26.2 Å². The van der Waals surface area contributed by atoms with Crippen LogP contribution in [0, 0.1) is 0 Å². The van der Waals surface area contributed by atoms with Crippen molar-refractivity contribution in [1.29, 1.82) is 0 Å². The molecule has 0 amide bonds. The van der Waals surface area contributed by atoms with Crippen LogP contribution in [0.25, 0.3) is 11.4 Å². The van der Waals surface area contributed by atoms with Gasteiger partial charge in [0, 0.05) is 37.5 Å². The van der Waals surface area contributed by atoms with Crippen LogP contribution in [0.2, 0.25) is 0 Å². The van der Waals surface area contributed by atoms with E-state index in [0.717, 1.165) is 75.6 Å². The van der Waals surface area contributed by atoms with Crippen molar-refractivity contribution >= 4 is 0 Å². The summed E-state index contributed by atoms with van der Waals surface area (Å²) in [6.45, 7) is 4.71. The summed E-state index contributed by atoms with van der Waals surface area (Å²) in [6, 6.07) is 6.37. The number of aliphatic hydroxyl groups excluding tert-OH is 1. The van der Waals surface area contributed by atoms with E-state index in [-0.39, 0.29) is 6.10 Å². The van der Waals surface area contributed by atoms with Gasteiger partial charge in [-0.15, -0.1) is 0 Å². The Kier molecular flexibility index (Phi) is 4.54. The zero-order valence-corrected chi connectivity index (χ0v) is 14.0. The summed E-state index contributed by atoms with van der Waals surface area (Å²) < 4.78 is 7.82. The lowest BCUT2D eigenvalue weighted by molar-refractivity contribution is 0.0695. The molecule has 5 heteroatoms. The summed E-state index contributed by atoms with van der Waals surface area (Å²) >= 11 is 0. The molecule has 0 radical (unpaired) electrons. The number of nitrogens with zero attached hydrogens (tertiary/aromatic N) is 3. The first-order valence-electron chi connectivity index (χ1n) is 8.97. The fourth-order valence-electron chi connectivity index (χ4n) is 3.77. The van der Waals surface area contributed by atoms with E-state index < -0.39 is 0 Å². The molecule has 2 aliphatic rings. The smallest absolute Gasteiger partial charge is 0.139 e. The number of hydrogen-bond acceptors (Lipinski definition) is 4. The third-order valence-corrected chi connectivity index (χ3v) is 5.02. The zero-order valence-electron chi connectivity index (χ0n) is 14.0. The molecule has 2 aromatic rings. The normalized spacial score (nSPS) is 20.8. The average Bonchev–Trinajstić information content (AvgIpc) is 3.23. The highest BCUT2D eigenvalue weighted by Crippen LogP contribution is 2.29. The second-order valence-corrected chi connectivity index (χ2v) is 6.82. The van der Waals surface area contributed by atoms with Gasteiger partial charge in [0.15, 0.2) is 0 Å². The molecule has 1 aromatic carbocycles. The summed E-state index contributed by atoms with van der Waals surface area (Å²) in [5.74, 6) is 2.05. The van der Waals surface area contributed by atoms with Gasteiger partial charge < -0.3 is 19.3 Å². The number of imidazole rings is 1. The molecule has 1 aromatic heterocycles. The van der Waals surface area contributed by atoms with Crippen LogP contribution in [0.15, 0.2) is 30.6 Å². The minimum atomic E-state index is -0.142. The second-order valence-electron chi connectivity index (χ2n) is 6.82. The number of benzene rings is 1. The monoisotopic (exact) mass is 327 g/mol. The van der Waals surface area contributed by atoms with Crippen molar-refractivity contribution in [3.63, 3.8) is 0 Å². The van der Waals surface area contributed by atoms with E-state index in [1.54, 1.807) is 0 Å². The molecule has 24 heavy (non-hydrogen) atoms. The minimum absolute atomic E-state index is 0.142. The van der Waals surface area contributed by atoms with Crippen molar-refractivity contribution in [2.45, 2.75) is 38.3 Å². The van der Waals surface area contributed by atoms with Gasteiger partial charge in [-0.3, -0.25) is 0 Å². The number of fused-ring (bicyclic) bond motifs is 1. The summed E-state index contributed by atoms with van der Waals surface area (Å²) in [6.07, 6.45) is 7.91. The van der Waals surface area contributed by atoms with Gasteiger partial charge in [0.05, 0.1) is 12.7 Å². The first-order valence-corrected chi connectivity index (χ1v) is 8.97. The SMILES string of the molecule is OC1CCCN(CCCn2ccnc2-c2ccc3c(c2)CCO3)C1. The maximum atomic E-state index is 9.77. The Morgan fingerprint density at radius 2 is 2.25 bits per heavy atom. The van der Waals surface area contributed by atoms with E-state index in [2.05, 4.69) is 38.8 Å². The van der Waals surface area contributed by atoms with Crippen LogP contribution in [0.1, 0.15) is 24.8 Å². The first-order chi connectivity index (χ1) is 11.8. The first kappa shape index (κ1) is 15.7. The minimum Gasteiger partial charge on any atom is -0.493 e.